The number of nitrogens with one attached hydrogen (secondary N) is 1. The molecule has 34 heavy (non-hydrogen) atoms. The molecule has 1 amide bonds. The summed E-state index contributed by atoms with van der Waals surface area (Å²) in [4.78, 5) is 15.1. The van der Waals surface area contributed by atoms with E-state index in [4.69, 9.17) is 0 Å². The summed E-state index contributed by atoms with van der Waals surface area (Å²) in [6.45, 7) is 9.24. The molecule has 1 fully saturated rings. The van der Waals surface area contributed by atoms with Gasteiger partial charge in [-0.3, -0.25) is 4.79 Å². The fourth-order valence-electron chi connectivity index (χ4n) is 4.71. The third kappa shape index (κ3) is 4.94. The van der Waals surface area contributed by atoms with E-state index >= 15 is 0 Å². The van der Waals surface area contributed by atoms with Gasteiger partial charge < -0.3 is 10.2 Å². The average Bonchev–Trinajstić information content (AvgIpc) is 3.08. The fourth-order valence-corrected chi connectivity index (χ4v) is 6.20. The first-order chi connectivity index (χ1) is 16.2. The molecule has 0 radical (unpaired) electrons. The molecule has 180 valence electrons. The molecule has 1 N–H and O–H groups in total. The normalized spacial score (nSPS) is 19.3. The summed E-state index contributed by atoms with van der Waals surface area (Å²) in [5, 5.41) is 3.12. The monoisotopic (exact) mass is 479 g/mol. The van der Waals surface area contributed by atoms with Gasteiger partial charge in [0.1, 0.15) is 10.7 Å². The van der Waals surface area contributed by atoms with Gasteiger partial charge >= 0.3 is 0 Å². The van der Waals surface area contributed by atoms with Gasteiger partial charge in [0.25, 0.3) is 10.0 Å². The van der Waals surface area contributed by atoms with E-state index in [2.05, 4.69) is 23.6 Å². The second-order valence-corrected chi connectivity index (χ2v) is 11.1. The van der Waals surface area contributed by atoms with Crippen LogP contribution in [-0.4, -0.2) is 38.2 Å². The highest BCUT2D eigenvalue weighted by Gasteiger charge is 2.35. The Morgan fingerprint density at radius 2 is 1.59 bits per heavy atom. The Labute approximate surface area is 202 Å². The summed E-state index contributed by atoms with van der Waals surface area (Å²) in [6, 6.07) is 17.6. The molecule has 4 rings (SSSR count). The van der Waals surface area contributed by atoms with E-state index < -0.39 is 10.0 Å². The first-order valence-electron chi connectivity index (χ1n) is 11.9. The van der Waals surface area contributed by atoms with Crippen molar-refractivity contribution in [1.82, 2.24) is 10.2 Å². The number of benzene rings is 2. The molecule has 2 aliphatic heterocycles. The van der Waals surface area contributed by atoms with E-state index in [1.165, 1.54) is 5.56 Å². The number of likely N-dealkylation sites (tertiary alicyclic amines) is 1. The lowest BCUT2D eigenvalue weighted by molar-refractivity contribution is -0.126. The molecule has 2 aromatic carbocycles. The molecule has 7 heteroatoms. The van der Waals surface area contributed by atoms with E-state index in [1.807, 2.05) is 73.3 Å². The number of carbonyl (C=O) groups is 1. The van der Waals surface area contributed by atoms with Gasteiger partial charge in [-0.15, -0.1) is 4.40 Å². The molecular weight excluding hydrogens is 446 g/mol. The van der Waals surface area contributed by atoms with Gasteiger partial charge in [0.15, 0.2) is 0 Å². The van der Waals surface area contributed by atoms with Gasteiger partial charge in [-0.2, -0.15) is 8.42 Å². The van der Waals surface area contributed by atoms with Crippen LogP contribution in [0.1, 0.15) is 69.2 Å². The molecule has 0 bridgehead atoms. The lowest BCUT2D eigenvalue weighted by Gasteiger charge is -2.33. The van der Waals surface area contributed by atoms with E-state index in [9.17, 15) is 13.2 Å². The smallest absolute Gasteiger partial charge is 0.285 e. The third-order valence-electron chi connectivity index (χ3n) is 6.80. The Hall–Kier alpha value is -2.93. The number of sulfonamides is 1. The Morgan fingerprint density at radius 1 is 0.971 bits per heavy atom. The second-order valence-electron chi connectivity index (χ2n) is 9.52. The molecule has 1 saturated heterocycles. The molecule has 0 aromatic heterocycles. The van der Waals surface area contributed by atoms with Gasteiger partial charge in [-0.1, -0.05) is 68.4 Å². The van der Waals surface area contributed by atoms with Crippen LogP contribution in [-0.2, 0) is 14.8 Å². The van der Waals surface area contributed by atoms with Crippen LogP contribution in [0.5, 0.6) is 0 Å². The second kappa shape index (κ2) is 9.74. The molecule has 2 aliphatic rings. The molecule has 2 aromatic rings. The average molecular weight is 480 g/mol. The Balaban J connectivity index is 1.43. The van der Waals surface area contributed by atoms with Crippen LogP contribution >= 0.6 is 0 Å². The minimum Gasteiger partial charge on any atom is -0.356 e. The van der Waals surface area contributed by atoms with Crippen molar-refractivity contribution in [2.24, 2.45) is 10.3 Å². The molecule has 1 unspecified atom stereocenters. The van der Waals surface area contributed by atoms with Crippen molar-refractivity contribution in [3.05, 3.63) is 76.9 Å². The van der Waals surface area contributed by atoms with Crippen molar-refractivity contribution in [2.45, 2.75) is 52.5 Å². The molecule has 0 saturated carbocycles. The van der Waals surface area contributed by atoms with E-state index in [-0.39, 0.29) is 22.8 Å². The van der Waals surface area contributed by atoms with E-state index in [1.54, 1.807) is 0 Å². The SMILES string of the molecule is CC1=C(c2ccc(C(C)C)cc2)S(=O)(=O)N=C1N1CCC(C(=O)NC(C)c2ccccc2)CC1. The molecule has 0 aliphatic carbocycles. The molecular formula is C27H33N3O3S. The van der Waals surface area contributed by atoms with Crippen LogP contribution in [0.2, 0.25) is 0 Å². The largest absolute Gasteiger partial charge is 0.356 e. The zero-order chi connectivity index (χ0) is 24.5. The highest BCUT2D eigenvalue weighted by molar-refractivity contribution is 8.00. The minimum absolute atomic E-state index is 0.0501. The summed E-state index contributed by atoms with van der Waals surface area (Å²) in [5.74, 6) is 0.855. The van der Waals surface area contributed by atoms with Gasteiger partial charge in [-0.25, -0.2) is 0 Å². The number of carbonyl (C=O) groups excluding carboxylic acids is 1. The van der Waals surface area contributed by atoms with Crippen LogP contribution in [0.3, 0.4) is 0 Å². The van der Waals surface area contributed by atoms with E-state index in [0.29, 0.717) is 48.8 Å². The quantitative estimate of drug-likeness (QED) is 0.663. The van der Waals surface area contributed by atoms with Crippen molar-refractivity contribution in [1.29, 1.82) is 0 Å². The number of hydrogen-bond acceptors (Lipinski definition) is 4. The molecule has 0 spiro atoms. The molecule has 1 atom stereocenters. The predicted octanol–water partition coefficient (Wildman–Crippen LogP) is 4.87. The van der Waals surface area contributed by atoms with Gasteiger partial charge in [-0.05, 0) is 49.3 Å². The van der Waals surface area contributed by atoms with Crippen molar-refractivity contribution in [3.63, 3.8) is 0 Å². The van der Waals surface area contributed by atoms with Crippen molar-refractivity contribution < 1.29 is 13.2 Å². The van der Waals surface area contributed by atoms with Crippen LogP contribution in [0.15, 0.2) is 64.6 Å². The molecule has 6 nitrogen and oxygen atoms in total. The highest BCUT2D eigenvalue weighted by Crippen LogP contribution is 2.35. The number of piperidine rings is 1. The van der Waals surface area contributed by atoms with Crippen LogP contribution < -0.4 is 5.32 Å². The molecule has 2 heterocycles. The first kappa shape index (κ1) is 24.2. The summed E-state index contributed by atoms with van der Waals surface area (Å²) in [6.07, 6.45) is 1.33. The summed E-state index contributed by atoms with van der Waals surface area (Å²) in [7, 11) is -3.75. The number of amidine groups is 1. The van der Waals surface area contributed by atoms with Crippen molar-refractivity contribution in [3.8, 4) is 0 Å². The topological polar surface area (TPSA) is 78.8 Å². The standard InChI is InChI=1S/C27H33N3O3S/c1-18(2)21-10-12-23(13-11-21)25-19(3)26(29-34(25,32)33)30-16-14-24(15-17-30)27(31)28-20(4)22-8-6-5-7-9-22/h5-13,18,20,24H,14-17H2,1-4H3,(H,28,31). The summed E-state index contributed by atoms with van der Waals surface area (Å²) >= 11 is 0. The zero-order valence-electron chi connectivity index (χ0n) is 20.3. The Bertz CT molecular complexity index is 1210. The van der Waals surface area contributed by atoms with Gasteiger partial charge in [0.05, 0.1) is 6.04 Å². The van der Waals surface area contributed by atoms with Crippen LogP contribution in [0, 0.1) is 5.92 Å². The lowest BCUT2D eigenvalue weighted by atomic mass is 9.94. The van der Waals surface area contributed by atoms with E-state index in [0.717, 1.165) is 5.56 Å². The number of rotatable bonds is 5. The van der Waals surface area contributed by atoms with Gasteiger partial charge in [0.2, 0.25) is 5.91 Å². The summed E-state index contributed by atoms with van der Waals surface area (Å²) in [5.41, 5.74) is 3.59. The maximum absolute atomic E-state index is 12.9. The summed E-state index contributed by atoms with van der Waals surface area (Å²) < 4.78 is 30.0. The Kier molecular flexibility index (Phi) is 6.94. The first-order valence-corrected chi connectivity index (χ1v) is 13.4. The maximum atomic E-state index is 12.9. The Morgan fingerprint density at radius 3 is 2.18 bits per heavy atom. The van der Waals surface area contributed by atoms with Crippen LogP contribution in [0.25, 0.3) is 4.91 Å². The number of hydrogen-bond donors (Lipinski definition) is 1. The third-order valence-corrected chi connectivity index (χ3v) is 8.27. The predicted molar refractivity (Wildman–Crippen MR) is 137 cm³/mol. The van der Waals surface area contributed by atoms with Crippen LogP contribution in [0.4, 0.5) is 0 Å². The van der Waals surface area contributed by atoms with Crippen molar-refractivity contribution >= 4 is 26.7 Å². The van der Waals surface area contributed by atoms with Crippen molar-refractivity contribution in [2.75, 3.05) is 13.1 Å². The number of nitrogens with zero attached hydrogens (tertiary/aromatic N) is 2. The fraction of sp³-hybridized carbons (Fsp3) is 0.407. The number of amides is 1. The zero-order valence-corrected chi connectivity index (χ0v) is 21.1. The lowest BCUT2D eigenvalue weighted by Crippen LogP contribution is -2.43. The van der Waals surface area contributed by atoms with Gasteiger partial charge in [0, 0.05) is 24.6 Å². The maximum Gasteiger partial charge on any atom is 0.285 e. The minimum atomic E-state index is -3.75. The highest BCUT2D eigenvalue weighted by atomic mass is 32.2.